The van der Waals surface area contributed by atoms with Gasteiger partial charge in [0, 0.05) is 22.3 Å². The van der Waals surface area contributed by atoms with Crippen LogP contribution in [0.1, 0.15) is 0 Å². The SMILES string of the molecule is COc1cncc(-c2cc(Cl)ccc2F)c1. The van der Waals surface area contributed by atoms with Crippen molar-refractivity contribution in [2.24, 2.45) is 0 Å². The van der Waals surface area contributed by atoms with Gasteiger partial charge in [-0.25, -0.2) is 4.39 Å². The number of hydrogen-bond acceptors (Lipinski definition) is 2. The van der Waals surface area contributed by atoms with Crippen LogP contribution in [0.5, 0.6) is 5.75 Å². The summed E-state index contributed by atoms with van der Waals surface area (Å²) in [7, 11) is 1.54. The highest BCUT2D eigenvalue weighted by Gasteiger charge is 2.07. The van der Waals surface area contributed by atoms with Crippen molar-refractivity contribution in [3.8, 4) is 16.9 Å². The summed E-state index contributed by atoms with van der Waals surface area (Å²) in [5, 5.41) is 0.485. The van der Waals surface area contributed by atoms with Crippen LogP contribution in [0.15, 0.2) is 36.7 Å². The van der Waals surface area contributed by atoms with Crippen LogP contribution in [0.3, 0.4) is 0 Å². The smallest absolute Gasteiger partial charge is 0.137 e. The Labute approximate surface area is 97.7 Å². The second-order valence-corrected chi connectivity index (χ2v) is 3.67. The molecule has 82 valence electrons. The van der Waals surface area contributed by atoms with E-state index in [1.807, 2.05) is 0 Å². The Bertz CT molecular complexity index is 516. The van der Waals surface area contributed by atoms with Gasteiger partial charge in [-0.05, 0) is 24.3 Å². The van der Waals surface area contributed by atoms with Crippen LogP contribution in [-0.4, -0.2) is 12.1 Å². The number of rotatable bonds is 2. The van der Waals surface area contributed by atoms with Gasteiger partial charge in [0.25, 0.3) is 0 Å². The van der Waals surface area contributed by atoms with E-state index in [1.165, 1.54) is 19.2 Å². The Balaban J connectivity index is 2.53. The van der Waals surface area contributed by atoms with Gasteiger partial charge < -0.3 is 4.74 Å². The van der Waals surface area contributed by atoms with E-state index in [0.29, 0.717) is 21.9 Å². The lowest BCUT2D eigenvalue weighted by Gasteiger charge is -2.05. The molecule has 0 radical (unpaired) electrons. The minimum atomic E-state index is -0.334. The van der Waals surface area contributed by atoms with Crippen LogP contribution in [0.4, 0.5) is 4.39 Å². The lowest BCUT2D eigenvalue weighted by atomic mass is 10.1. The number of halogens is 2. The second kappa shape index (κ2) is 4.49. The van der Waals surface area contributed by atoms with Gasteiger partial charge in [-0.15, -0.1) is 0 Å². The molecule has 0 aliphatic rings. The summed E-state index contributed by atoms with van der Waals surface area (Å²) in [6.07, 6.45) is 3.13. The molecule has 0 saturated carbocycles. The number of ether oxygens (including phenoxy) is 1. The molecule has 0 unspecified atom stereocenters. The van der Waals surface area contributed by atoms with Crippen molar-refractivity contribution in [2.75, 3.05) is 7.11 Å². The first kappa shape index (κ1) is 10.9. The molecule has 1 aromatic heterocycles. The van der Waals surface area contributed by atoms with E-state index in [0.717, 1.165) is 0 Å². The largest absolute Gasteiger partial charge is 0.495 e. The maximum absolute atomic E-state index is 13.6. The first-order chi connectivity index (χ1) is 7.70. The van der Waals surface area contributed by atoms with Crippen LogP contribution in [0.25, 0.3) is 11.1 Å². The molecule has 4 heteroatoms. The number of methoxy groups -OCH3 is 1. The number of aromatic nitrogens is 1. The highest BCUT2D eigenvalue weighted by molar-refractivity contribution is 6.30. The highest BCUT2D eigenvalue weighted by Crippen LogP contribution is 2.27. The fourth-order valence-electron chi connectivity index (χ4n) is 1.40. The average molecular weight is 238 g/mol. The maximum Gasteiger partial charge on any atom is 0.137 e. The Morgan fingerprint density at radius 1 is 1.25 bits per heavy atom. The summed E-state index contributed by atoms with van der Waals surface area (Å²) in [5.41, 5.74) is 1.05. The predicted molar refractivity (Wildman–Crippen MR) is 61.2 cm³/mol. The predicted octanol–water partition coefficient (Wildman–Crippen LogP) is 3.55. The molecule has 0 saturated heterocycles. The van der Waals surface area contributed by atoms with E-state index in [-0.39, 0.29) is 5.82 Å². The van der Waals surface area contributed by atoms with Crippen LogP contribution in [-0.2, 0) is 0 Å². The molecule has 1 heterocycles. The van der Waals surface area contributed by atoms with Crippen LogP contribution in [0, 0.1) is 5.82 Å². The molecule has 0 amide bonds. The third kappa shape index (κ3) is 2.14. The molecule has 0 aliphatic carbocycles. The van der Waals surface area contributed by atoms with Gasteiger partial charge in [0.1, 0.15) is 11.6 Å². The molecule has 2 rings (SSSR count). The molecule has 0 N–H and O–H groups in total. The summed E-state index contributed by atoms with van der Waals surface area (Å²) < 4.78 is 18.6. The van der Waals surface area contributed by atoms with Crippen molar-refractivity contribution in [2.45, 2.75) is 0 Å². The van der Waals surface area contributed by atoms with Crippen molar-refractivity contribution in [3.63, 3.8) is 0 Å². The zero-order chi connectivity index (χ0) is 11.5. The number of pyridine rings is 1. The van der Waals surface area contributed by atoms with Crippen molar-refractivity contribution >= 4 is 11.6 Å². The van der Waals surface area contributed by atoms with Crippen molar-refractivity contribution in [1.82, 2.24) is 4.98 Å². The maximum atomic E-state index is 13.6. The molecule has 16 heavy (non-hydrogen) atoms. The third-order valence-corrected chi connectivity index (χ3v) is 2.42. The van der Waals surface area contributed by atoms with Crippen LogP contribution < -0.4 is 4.74 Å². The Kier molecular flexibility index (Phi) is 3.06. The number of nitrogens with zero attached hydrogens (tertiary/aromatic N) is 1. The van der Waals surface area contributed by atoms with E-state index < -0.39 is 0 Å². The molecule has 2 aromatic rings. The van der Waals surface area contributed by atoms with Crippen LogP contribution in [0.2, 0.25) is 5.02 Å². The molecule has 0 spiro atoms. The molecule has 0 aliphatic heterocycles. The average Bonchev–Trinajstić information content (AvgIpc) is 2.32. The van der Waals surface area contributed by atoms with E-state index >= 15 is 0 Å². The summed E-state index contributed by atoms with van der Waals surface area (Å²) in [4.78, 5) is 3.97. The normalized spacial score (nSPS) is 10.2. The summed E-state index contributed by atoms with van der Waals surface area (Å²) in [6.45, 7) is 0. The van der Waals surface area contributed by atoms with E-state index in [2.05, 4.69) is 4.98 Å². The molecule has 0 bridgehead atoms. The van der Waals surface area contributed by atoms with Gasteiger partial charge in [0.15, 0.2) is 0 Å². The first-order valence-electron chi connectivity index (χ1n) is 4.65. The second-order valence-electron chi connectivity index (χ2n) is 3.24. The monoisotopic (exact) mass is 237 g/mol. The molecular weight excluding hydrogens is 229 g/mol. The van der Waals surface area contributed by atoms with Crippen molar-refractivity contribution in [3.05, 3.63) is 47.5 Å². The third-order valence-electron chi connectivity index (χ3n) is 2.19. The Hall–Kier alpha value is -1.61. The topological polar surface area (TPSA) is 22.1 Å². The molecule has 1 aromatic carbocycles. The number of hydrogen-bond donors (Lipinski definition) is 0. The first-order valence-corrected chi connectivity index (χ1v) is 5.03. The zero-order valence-corrected chi connectivity index (χ0v) is 9.33. The molecule has 2 nitrogen and oxygen atoms in total. The minimum absolute atomic E-state index is 0.334. The van der Waals surface area contributed by atoms with Gasteiger partial charge in [0.2, 0.25) is 0 Å². The Morgan fingerprint density at radius 2 is 2.06 bits per heavy atom. The summed E-state index contributed by atoms with van der Waals surface area (Å²) in [5.74, 6) is 0.247. The van der Waals surface area contributed by atoms with Gasteiger partial charge >= 0.3 is 0 Å². The van der Waals surface area contributed by atoms with Gasteiger partial charge in [0.05, 0.1) is 13.3 Å². The number of benzene rings is 1. The lowest BCUT2D eigenvalue weighted by molar-refractivity contribution is 0.413. The van der Waals surface area contributed by atoms with E-state index in [4.69, 9.17) is 16.3 Å². The van der Waals surface area contributed by atoms with Crippen LogP contribution >= 0.6 is 11.6 Å². The standard InChI is InChI=1S/C12H9ClFNO/c1-16-10-4-8(6-15-7-10)11-5-9(13)2-3-12(11)14/h2-7H,1H3. The fourth-order valence-corrected chi connectivity index (χ4v) is 1.57. The summed E-state index contributed by atoms with van der Waals surface area (Å²) >= 11 is 5.82. The highest BCUT2D eigenvalue weighted by atomic mass is 35.5. The molecule has 0 atom stereocenters. The van der Waals surface area contributed by atoms with Gasteiger partial charge in [-0.3, -0.25) is 4.98 Å². The van der Waals surface area contributed by atoms with Gasteiger partial charge in [-0.1, -0.05) is 11.6 Å². The van der Waals surface area contributed by atoms with E-state index in [1.54, 1.807) is 24.5 Å². The summed E-state index contributed by atoms with van der Waals surface area (Å²) in [6, 6.07) is 6.11. The zero-order valence-electron chi connectivity index (χ0n) is 8.58. The minimum Gasteiger partial charge on any atom is -0.495 e. The van der Waals surface area contributed by atoms with E-state index in [9.17, 15) is 4.39 Å². The lowest BCUT2D eigenvalue weighted by Crippen LogP contribution is -1.88. The van der Waals surface area contributed by atoms with Gasteiger partial charge in [-0.2, -0.15) is 0 Å². The fraction of sp³-hybridized carbons (Fsp3) is 0.0833. The Morgan fingerprint density at radius 3 is 2.81 bits per heavy atom. The van der Waals surface area contributed by atoms with Crippen molar-refractivity contribution < 1.29 is 9.13 Å². The quantitative estimate of drug-likeness (QED) is 0.797. The van der Waals surface area contributed by atoms with Crippen molar-refractivity contribution in [1.29, 1.82) is 0 Å². The molecule has 0 fully saturated rings. The molecular formula is C12H9ClFNO.